The van der Waals surface area contributed by atoms with Gasteiger partial charge in [-0.2, -0.15) is 0 Å². The quantitative estimate of drug-likeness (QED) is 0.844. The van der Waals surface area contributed by atoms with E-state index >= 15 is 0 Å². The Balaban J connectivity index is 2.02. The summed E-state index contributed by atoms with van der Waals surface area (Å²) in [7, 11) is 2.04. The Morgan fingerprint density at radius 2 is 2.32 bits per heavy atom. The normalized spacial score (nSPS) is 12.8. The molecule has 0 aliphatic rings. The molecule has 0 aliphatic heterocycles. The fourth-order valence-corrected chi connectivity index (χ4v) is 2.86. The van der Waals surface area contributed by atoms with Gasteiger partial charge in [-0.05, 0) is 37.8 Å². The first-order chi connectivity index (χ1) is 9.22. The molecule has 6 heteroatoms. The van der Waals surface area contributed by atoms with Gasteiger partial charge in [0, 0.05) is 31.9 Å². The maximum Gasteiger partial charge on any atom is 0.108 e. The van der Waals surface area contributed by atoms with Gasteiger partial charge in [0.2, 0.25) is 0 Å². The fraction of sp³-hybridized carbons (Fsp3) is 0.615. The summed E-state index contributed by atoms with van der Waals surface area (Å²) in [4.78, 5) is 5.63. The van der Waals surface area contributed by atoms with Crippen molar-refractivity contribution in [1.82, 2.24) is 24.5 Å². The molecule has 0 amide bonds. The lowest BCUT2D eigenvalue weighted by Crippen LogP contribution is -2.23. The summed E-state index contributed by atoms with van der Waals surface area (Å²) in [5.41, 5.74) is 1.04. The Morgan fingerprint density at radius 1 is 1.47 bits per heavy atom. The Kier molecular flexibility index (Phi) is 5.04. The van der Waals surface area contributed by atoms with Crippen LogP contribution in [0.1, 0.15) is 42.2 Å². The second-order valence-electron chi connectivity index (χ2n) is 4.72. The lowest BCUT2D eigenvalue weighted by Gasteiger charge is -2.17. The van der Waals surface area contributed by atoms with Crippen molar-refractivity contribution in [3.8, 4) is 0 Å². The van der Waals surface area contributed by atoms with Crippen molar-refractivity contribution in [3.05, 3.63) is 28.8 Å². The first-order valence-corrected chi connectivity index (χ1v) is 7.48. The van der Waals surface area contributed by atoms with Crippen LogP contribution in [0.3, 0.4) is 0 Å². The third kappa shape index (κ3) is 3.61. The summed E-state index contributed by atoms with van der Waals surface area (Å²) < 4.78 is 6.12. The molecule has 0 bridgehead atoms. The van der Waals surface area contributed by atoms with Crippen molar-refractivity contribution in [2.75, 3.05) is 6.54 Å². The highest BCUT2D eigenvalue weighted by Crippen LogP contribution is 2.24. The molecule has 0 saturated carbocycles. The average Bonchev–Trinajstić information content (AvgIpc) is 2.99. The Bertz CT molecular complexity index is 505. The third-order valence-electron chi connectivity index (χ3n) is 3.22. The molecule has 1 N–H and O–H groups in total. The topological polar surface area (TPSA) is 55.6 Å². The minimum Gasteiger partial charge on any atom is -0.338 e. The minimum absolute atomic E-state index is 0.330. The zero-order valence-corrected chi connectivity index (χ0v) is 12.6. The molecule has 19 heavy (non-hydrogen) atoms. The first-order valence-electron chi connectivity index (χ1n) is 6.70. The highest BCUT2D eigenvalue weighted by molar-refractivity contribution is 7.05. The van der Waals surface area contributed by atoms with E-state index in [0.29, 0.717) is 6.04 Å². The molecule has 0 radical (unpaired) electrons. The van der Waals surface area contributed by atoms with Crippen LogP contribution in [-0.4, -0.2) is 25.7 Å². The smallest absolute Gasteiger partial charge is 0.108 e. The van der Waals surface area contributed by atoms with Crippen molar-refractivity contribution in [2.45, 2.75) is 39.2 Å². The number of rotatable bonds is 7. The summed E-state index contributed by atoms with van der Waals surface area (Å²) in [6, 6.07) is 0.330. The predicted molar refractivity (Wildman–Crippen MR) is 77.2 cm³/mol. The first kappa shape index (κ1) is 14.1. The molecule has 1 unspecified atom stereocenters. The van der Waals surface area contributed by atoms with Gasteiger partial charge >= 0.3 is 0 Å². The highest BCUT2D eigenvalue weighted by Gasteiger charge is 2.17. The standard InChI is InChI=1S/C13H21N5S/c1-4-7-14-11(13-10(2)16-17-19-13)5-6-12-15-8-9-18(12)3/h8-9,11,14H,4-7H2,1-3H3. The highest BCUT2D eigenvalue weighted by atomic mass is 32.1. The zero-order chi connectivity index (χ0) is 13.7. The average molecular weight is 279 g/mol. The Labute approximate surface area is 118 Å². The predicted octanol–water partition coefficient (Wildman–Crippen LogP) is 2.25. The number of nitrogens with one attached hydrogen (secondary N) is 1. The second-order valence-corrected chi connectivity index (χ2v) is 5.51. The molecule has 0 saturated heterocycles. The number of aromatic nitrogens is 4. The lowest BCUT2D eigenvalue weighted by molar-refractivity contribution is 0.495. The molecule has 2 heterocycles. The van der Waals surface area contributed by atoms with Gasteiger partial charge in [0.1, 0.15) is 5.82 Å². The van der Waals surface area contributed by atoms with E-state index in [-0.39, 0.29) is 0 Å². The van der Waals surface area contributed by atoms with Crippen LogP contribution in [0.4, 0.5) is 0 Å². The molecule has 5 nitrogen and oxygen atoms in total. The fourth-order valence-electron chi connectivity index (χ4n) is 2.11. The van der Waals surface area contributed by atoms with Crippen LogP contribution in [0.25, 0.3) is 0 Å². The van der Waals surface area contributed by atoms with Crippen LogP contribution < -0.4 is 5.32 Å². The van der Waals surface area contributed by atoms with E-state index in [2.05, 4.69) is 31.4 Å². The Hall–Kier alpha value is -1.27. The van der Waals surface area contributed by atoms with E-state index < -0.39 is 0 Å². The third-order valence-corrected chi connectivity index (χ3v) is 4.16. The van der Waals surface area contributed by atoms with Gasteiger partial charge in [-0.25, -0.2) is 4.98 Å². The number of nitrogens with zero attached hydrogens (tertiary/aromatic N) is 4. The van der Waals surface area contributed by atoms with Gasteiger partial charge in [-0.15, -0.1) is 5.10 Å². The van der Waals surface area contributed by atoms with Crippen LogP contribution in [-0.2, 0) is 13.5 Å². The van der Waals surface area contributed by atoms with E-state index in [0.717, 1.165) is 37.3 Å². The Morgan fingerprint density at radius 3 is 2.89 bits per heavy atom. The molecular weight excluding hydrogens is 258 g/mol. The number of hydrogen-bond acceptors (Lipinski definition) is 5. The maximum atomic E-state index is 4.38. The van der Waals surface area contributed by atoms with Crippen LogP contribution in [0.15, 0.2) is 12.4 Å². The van der Waals surface area contributed by atoms with Crippen molar-refractivity contribution in [3.63, 3.8) is 0 Å². The minimum atomic E-state index is 0.330. The van der Waals surface area contributed by atoms with E-state index in [4.69, 9.17) is 0 Å². The molecule has 104 valence electrons. The van der Waals surface area contributed by atoms with E-state index in [1.54, 1.807) is 0 Å². The van der Waals surface area contributed by atoms with Crippen molar-refractivity contribution >= 4 is 11.5 Å². The summed E-state index contributed by atoms with van der Waals surface area (Å²) in [6.07, 6.45) is 6.95. The molecule has 2 aromatic rings. The van der Waals surface area contributed by atoms with Crippen molar-refractivity contribution < 1.29 is 0 Å². The summed E-state index contributed by atoms with van der Waals surface area (Å²) >= 11 is 1.50. The summed E-state index contributed by atoms with van der Waals surface area (Å²) in [5.74, 6) is 1.12. The largest absolute Gasteiger partial charge is 0.338 e. The molecule has 1 atom stereocenters. The van der Waals surface area contributed by atoms with Crippen molar-refractivity contribution in [1.29, 1.82) is 0 Å². The van der Waals surface area contributed by atoms with Crippen LogP contribution >= 0.6 is 11.5 Å². The molecule has 2 aromatic heterocycles. The van der Waals surface area contributed by atoms with Crippen LogP contribution in [0.5, 0.6) is 0 Å². The van der Waals surface area contributed by atoms with E-state index in [9.17, 15) is 0 Å². The second kappa shape index (κ2) is 6.77. The molecule has 0 fully saturated rings. The van der Waals surface area contributed by atoms with Gasteiger partial charge in [0.25, 0.3) is 0 Å². The number of imidazole rings is 1. The maximum absolute atomic E-state index is 4.38. The SMILES string of the molecule is CCCNC(CCc1nccn1C)c1snnc1C. The molecule has 0 spiro atoms. The van der Waals surface area contributed by atoms with Gasteiger partial charge in [-0.3, -0.25) is 0 Å². The molecule has 2 rings (SSSR count). The van der Waals surface area contributed by atoms with Crippen LogP contribution in [0, 0.1) is 6.92 Å². The summed E-state index contributed by atoms with van der Waals surface area (Å²) in [6.45, 7) is 5.23. The molecular formula is C13H21N5S. The van der Waals surface area contributed by atoms with E-state index in [1.807, 2.05) is 26.4 Å². The lowest BCUT2D eigenvalue weighted by atomic mass is 10.1. The number of aryl methyl sites for hydroxylation is 3. The zero-order valence-electron chi connectivity index (χ0n) is 11.8. The summed E-state index contributed by atoms with van der Waals surface area (Å²) in [5, 5.41) is 7.70. The van der Waals surface area contributed by atoms with Gasteiger partial charge in [-0.1, -0.05) is 11.4 Å². The number of hydrogen-bond donors (Lipinski definition) is 1. The van der Waals surface area contributed by atoms with Gasteiger partial charge in [0.05, 0.1) is 10.6 Å². The van der Waals surface area contributed by atoms with E-state index in [1.165, 1.54) is 16.4 Å². The molecule has 0 aromatic carbocycles. The monoisotopic (exact) mass is 279 g/mol. The molecule has 0 aliphatic carbocycles. The van der Waals surface area contributed by atoms with Gasteiger partial charge in [0.15, 0.2) is 0 Å². The van der Waals surface area contributed by atoms with Gasteiger partial charge < -0.3 is 9.88 Å². The van der Waals surface area contributed by atoms with Crippen molar-refractivity contribution in [2.24, 2.45) is 7.05 Å². The van der Waals surface area contributed by atoms with Crippen LogP contribution in [0.2, 0.25) is 0 Å².